The van der Waals surface area contributed by atoms with Crippen LogP contribution in [0.1, 0.15) is 5.69 Å². The maximum atomic E-state index is 13.0. The van der Waals surface area contributed by atoms with E-state index in [1.165, 1.54) is 28.9 Å². The van der Waals surface area contributed by atoms with Crippen LogP contribution in [0.5, 0.6) is 0 Å². The molecular formula is C17H18N4O4S2. The number of fused-ring (bicyclic) bond motifs is 1. The van der Waals surface area contributed by atoms with Gasteiger partial charge in [-0.15, -0.1) is 11.3 Å². The lowest BCUT2D eigenvalue weighted by Gasteiger charge is -2.30. The van der Waals surface area contributed by atoms with Crippen LogP contribution in [-0.4, -0.2) is 44.1 Å². The molecule has 2 aromatic heterocycles. The molecule has 0 spiro atoms. The van der Waals surface area contributed by atoms with E-state index in [2.05, 4.69) is 14.6 Å². The third-order valence-corrected chi connectivity index (χ3v) is 6.62. The van der Waals surface area contributed by atoms with Crippen LogP contribution < -0.4 is 15.2 Å². The lowest BCUT2D eigenvalue weighted by atomic mass is 10.2. The molecule has 4 rings (SSSR count). The summed E-state index contributed by atoms with van der Waals surface area (Å²) in [6.07, 6.45) is 1.52. The van der Waals surface area contributed by atoms with Gasteiger partial charge < -0.3 is 9.64 Å². The minimum Gasteiger partial charge on any atom is -0.378 e. The number of thiazole rings is 1. The molecule has 27 heavy (non-hydrogen) atoms. The molecule has 3 heterocycles. The number of rotatable bonds is 4. The van der Waals surface area contributed by atoms with Crippen LogP contribution in [0, 0.1) is 6.92 Å². The van der Waals surface area contributed by atoms with Crippen LogP contribution >= 0.6 is 11.3 Å². The van der Waals surface area contributed by atoms with Crippen molar-refractivity contribution in [2.45, 2.75) is 11.8 Å². The zero-order valence-corrected chi connectivity index (χ0v) is 16.2. The van der Waals surface area contributed by atoms with E-state index >= 15 is 0 Å². The molecular weight excluding hydrogens is 388 g/mol. The summed E-state index contributed by atoms with van der Waals surface area (Å²) in [7, 11) is -4.10. The van der Waals surface area contributed by atoms with Crippen molar-refractivity contribution in [3.8, 4) is 0 Å². The number of sulfonamides is 1. The fourth-order valence-electron chi connectivity index (χ4n) is 3.11. The third kappa shape index (κ3) is 3.31. The predicted octanol–water partition coefficient (Wildman–Crippen LogP) is 1.70. The minimum absolute atomic E-state index is 0.179. The number of nitrogens with zero attached hydrogens (tertiary/aromatic N) is 3. The summed E-state index contributed by atoms with van der Waals surface area (Å²) >= 11 is 1.28. The van der Waals surface area contributed by atoms with Gasteiger partial charge in [0.15, 0.2) is 9.86 Å². The van der Waals surface area contributed by atoms with E-state index in [1.54, 1.807) is 17.5 Å². The van der Waals surface area contributed by atoms with Crippen molar-refractivity contribution in [1.29, 1.82) is 0 Å². The Morgan fingerprint density at radius 1 is 1.22 bits per heavy atom. The van der Waals surface area contributed by atoms with Crippen LogP contribution in [0.3, 0.4) is 0 Å². The van der Waals surface area contributed by atoms with Gasteiger partial charge in [0.1, 0.15) is 0 Å². The highest BCUT2D eigenvalue weighted by molar-refractivity contribution is 7.92. The van der Waals surface area contributed by atoms with Crippen LogP contribution in [0.2, 0.25) is 0 Å². The predicted molar refractivity (Wildman–Crippen MR) is 104 cm³/mol. The first kappa shape index (κ1) is 18.0. The first-order valence-electron chi connectivity index (χ1n) is 8.38. The topological polar surface area (TPSA) is 93.0 Å². The smallest absolute Gasteiger partial charge is 0.279 e. The Bertz CT molecular complexity index is 1150. The molecule has 8 nitrogen and oxygen atoms in total. The Kier molecular flexibility index (Phi) is 4.62. The van der Waals surface area contributed by atoms with Crippen molar-refractivity contribution < 1.29 is 13.2 Å². The number of ether oxygens (including phenoxy) is 1. The zero-order chi connectivity index (χ0) is 19.0. The molecule has 1 fully saturated rings. The number of hydrogen-bond donors (Lipinski definition) is 1. The normalized spacial score (nSPS) is 15.2. The maximum absolute atomic E-state index is 13.0. The highest BCUT2D eigenvalue weighted by Gasteiger charge is 2.26. The molecule has 0 amide bonds. The van der Waals surface area contributed by atoms with Crippen molar-refractivity contribution >= 4 is 37.7 Å². The molecule has 142 valence electrons. The Hall–Kier alpha value is -2.43. The number of nitrogens with one attached hydrogen (secondary N) is 1. The van der Waals surface area contributed by atoms with E-state index < -0.39 is 15.6 Å². The average molecular weight is 406 g/mol. The Morgan fingerprint density at radius 3 is 2.74 bits per heavy atom. The minimum atomic E-state index is -4.10. The van der Waals surface area contributed by atoms with E-state index in [9.17, 15) is 13.2 Å². The molecule has 3 aromatic rings. The van der Waals surface area contributed by atoms with Crippen LogP contribution in [0.4, 0.5) is 11.4 Å². The second-order valence-corrected chi connectivity index (χ2v) is 8.60. The summed E-state index contributed by atoms with van der Waals surface area (Å²) in [5.74, 6) is 0. The van der Waals surface area contributed by atoms with E-state index in [0.29, 0.717) is 37.0 Å². The molecule has 1 aromatic carbocycles. The fraction of sp³-hybridized carbons (Fsp3) is 0.294. The molecule has 1 aliphatic rings. The summed E-state index contributed by atoms with van der Waals surface area (Å²) in [4.78, 5) is 19.2. The molecule has 0 unspecified atom stereocenters. The van der Waals surface area contributed by atoms with Crippen molar-refractivity contribution in [2.75, 3.05) is 35.9 Å². The van der Waals surface area contributed by atoms with E-state index in [0.717, 1.165) is 5.69 Å². The second kappa shape index (κ2) is 6.95. The van der Waals surface area contributed by atoms with Crippen LogP contribution in [0.15, 0.2) is 45.5 Å². The van der Waals surface area contributed by atoms with Gasteiger partial charge in [0, 0.05) is 24.7 Å². The van der Waals surface area contributed by atoms with Gasteiger partial charge in [0.05, 0.1) is 30.3 Å². The fourth-order valence-corrected chi connectivity index (χ4v) is 5.19. The van der Waals surface area contributed by atoms with E-state index in [1.807, 2.05) is 12.1 Å². The quantitative estimate of drug-likeness (QED) is 0.709. The number of benzene rings is 1. The Labute approximate surface area is 160 Å². The van der Waals surface area contributed by atoms with Gasteiger partial charge in [-0.25, -0.2) is 13.4 Å². The van der Waals surface area contributed by atoms with Gasteiger partial charge in [-0.3, -0.25) is 13.9 Å². The van der Waals surface area contributed by atoms with Crippen molar-refractivity contribution in [2.24, 2.45) is 0 Å². The van der Waals surface area contributed by atoms with E-state index in [4.69, 9.17) is 4.74 Å². The molecule has 0 saturated carbocycles. The lowest BCUT2D eigenvalue weighted by Crippen LogP contribution is -2.37. The van der Waals surface area contributed by atoms with Gasteiger partial charge >= 0.3 is 0 Å². The second-order valence-electron chi connectivity index (χ2n) is 6.11. The molecule has 10 heteroatoms. The van der Waals surface area contributed by atoms with E-state index in [-0.39, 0.29) is 10.6 Å². The number of morpholine rings is 1. The highest BCUT2D eigenvalue weighted by atomic mass is 32.2. The van der Waals surface area contributed by atoms with Crippen LogP contribution in [-0.2, 0) is 14.8 Å². The average Bonchev–Trinajstić information content (AvgIpc) is 3.11. The lowest BCUT2D eigenvalue weighted by molar-refractivity contribution is 0.123. The van der Waals surface area contributed by atoms with Gasteiger partial charge in [-0.05, 0) is 19.1 Å². The molecule has 1 aliphatic heterocycles. The molecule has 0 bridgehead atoms. The monoisotopic (exact) mass is 406 g/mol. The van der Waals surface area contributed by atoms with Gasteiger partial charge in [0.2, 0.25) is 0 Å². The number of aryl methyl sites for hydroxylation is 1. The highest BCUT2D eigenvalue weighted by Crippen LogP contribution is 2.28. The zero-order valence-electron chi connectivity index (χ0n) is 14.6. The number of para-hydroxylation sites is 2. The summed E-state index contributed by atoms with van der Waals surface area (Å²) in [5, 5.41) is 1.70. The van der Waals surface area contributed by atoms with Gasteiger partial charge in [0.25, 0.3) is 15.6 Å². The molecule has 0 atom stereocenters. The molecule has 1 N–H and O–H groups in total. The Balaban J connectivity index is 1.76. The standard InChI is InChI=1S/C17H18N4O4S2/c1-12-15(16(22)21-8-11-26-17(21)18-12)27(23,24)19-13-4-2-3-5-14(13)20-6-9-25-10-7-20/h2-5,8,11,19H,6-7,9-10H2,1H3. The van der Waals surface area contributed by atoms with Gasteiger partial charge in [-0.2, -0.15) is 0 Å². The largest absolute Gasteiger partial charge is 0.378 e. The molecule has 0 aliphatic carbocycles. The van der Waals surface area contributed by atoms with Gasteiger partial charge in [-0.1, -0.05) is 12.1 Å². The third-order valence-electron chi connectivity index (χ3n) is 4.36. The van der Waals surface area contributed by atoms with Crippen molar-refractivity contribution in [3.63, 3.8) is 0 Å². The summed E-state index contributed by atoms with van der Waals surface area (Å²) < 4.78 is 35.3. The van der Waals surface area contributed by atoms with Crippen molar-refractivity contribution in [3.05, 3.63) is 51.9 Å². The first-order chi connectivity index (χ1) is 13.0. The van der Waals surface area contributed by atoms with Crippen molar-refractivity contribution in [1.82, 2.24) is 9.38 Å². The number of aromatic nitrogens is 2. The summed E-state index contributed by atoms with van der Waals surface area (Å²) in [6, 6.07) is 7.14. The SMILES string of the molecule is Cc1nc2sccn2c(=O)c1S(=O)(=O)Nc1ccccc1N1CCOCC1. The first-order valence-corrected chi connectivity index (χ1v) is 10.7. The molecule has 1 saturated heterocycles. The van der Waals surface area contributed by atoms with Crippen LogP contribution in [0.25, 0.3) is 4.96 Å². The summed E-state index contributed by atoms with van der Waals surface area (Å²) in [5.41, 5.74) is 0.759. The summed E-state index contributed by atoms with van der Waals surface area (Å²) in [6.45, 7) is 4.04. The Morgan fingerprint density at radius 2 is 1.96 bits per heavy atom. The number of hydrogen-bond acceptors (Lipinski definition) is 7. The molecule has 0 radical (unpaired) electrons. The maximum Gasteiger partial charge on any atom is 0.279 e. The number of anilines is 2.